The molecule has 26 heavy (non-hydrogen) atoms. The second-order valence-electron chi connectivity index (χ2n) is 6.26. The number of rotatable bonds is 4. The second-order valence-corrected chi connectivity index (χ2v) is 6.66. The number of halogens is 4. The Labute approximate surface area is 154 Å². The van der Waals surface area contributed by atoms with E-state index < -0.39 is 17.8 Å². The molecule has 0 aliphatic rings. The average molecular weight is 383 g/mol. The predicted octanol–water partition coefficient (Wildman–Crippen LogP) is 5.18. The largest absolute Gasteiger partial charge is 0.417 e. The van der Waals surface area contributed by atoms with E-state index in [1.807, 2.05) is 35.8 Å². The minimum absolute atomic E-state index is 0.256. The molecule has 3 aromatic rings. The maximum absolute atomic E-state index is 13.1. The summed E-state index contributed by atoms with van der Waals surface area (Å²) in [6.07, 6.45) is -3.87. The van der Waals surface area contributed by atoms with Crippen molar-refractivity contribution in [2.24, 2.45) is 0 Å². The summed E-state index contributed by atoms with van der Waals surface area (Å²) < 4.78 is 41.1. The minimum Gasteiger partial charge on any atom is -0.393 e. The van der Waals surface area contributed by atoms with Crippen LogP contribution in [0, 0.1) is 0 Å². The van der Waals surface area contributed by atoms with Gasteiger partial charge in [-0.2, -0.15) is 13.2 Å². The van der Waals surface area contributed by atoms with Gasteiger partial charge in [0.05, 0.1) is 27.7 Å². The van der Waals surface area contributed by atoms with Crippen LogP contribution in [0.5, 0.6) is 0 Å². The van der Waals surface area contributed by atoms with Crippen LogP contribution in [0.4, 0.5) is 13.2 Å². The lowest BCUT2D eigenvalue weighted by Crippen LogP contribution is -2.06. The molecule has 0 fully saturated rings. The third kappa shape index (κ3) is 3.57. The number of aliphatic hydroxyl groups is 1. The first kappa shape index (κ1) is 18.7. The lowest BCUT2D eigenvalue weighted by molar-refractivity contribution is -0.137. The fourth-order valence-electron chi connectivity index (χ4n) is 3.01. The van der Waals surface area contributed by atoms with Gasteiger partial charge in [0.15, 0.2) is 0 Å². The smallest absolute Gasteiger partial charge is 0.393 e. The standard InChI is InChI=1S/C19H18ClF3N2O/c1-3-18-24-16-9-14(19(21,22)23)15(20)10-17(16)25(18)13-6-4-12(5-7-13)8-11(2)26/h4-7,9-11,26H,3,8H2,1-2H3/t11-/m1/s1. The van der Waals surface area contributed by atoms with Crippen molar-refractivity contribution >= 4 is 22.6 Å². The Balaban J connectivity index is 2.14. The van der Waals surface area contributed by atoms with Crippen LogP contribution in [0.15, 0.2) is 36.4 Å². The van der Waals surface area contributed by atoms with Crippen LogP contribution in [0.2, 0.25) is 5.02 Å². The maximum atomic E-state index is 13.1. The molecule has 1 N–H and O–H groups in total. The van der Waals surface area contributed by atoms with Gasteiger partial charge in [-0.25, -0.2) is 4.98 Å². The summed E-state index contributed by atoms with van der Waals surface area (Å²) in [5.41, 5.74) is 1.67. The van der Waals surface area contributed by atoms with Crippen LogP contribution >= 0.6 is 11.6 Å². The molecule has 1 atom stereocenters. The molecule has 0 radical (unpaired) electrons. The van der Waals surface area contributed by atoms with Gasteiger partial charge in [0.1, 0.15) is 5.82 Å². The van der Waals surface area contributed by atoms with Gasteiger partial charge in [0, 0.05) is 12.1 Å². The van der Waals surface area contributed by atoms with Crippen LogP contribution in [0.1, 0.15) is 30.8 Å². The van der Waals surface area contributed by atoms with Crippen molar-refractivity contribution in [3.8, 4) is 5.69 Å². The van der Waals surface area contributed by atoms with Crippen molar-refractivity contribution in [1.29, 1.82) is 0 Å². The summed E-state index contributed by atoms with van der Waals surface area (Å²) in [5, 5.41) is 9.14. The number of benzene rings is 2. The van der Waals surface area contributed by atoms with E-state index in [0.29, 0.717) is 24.2 Å². The monoisotopic (exact) mass is 382 g/mol. The number of aromatic nitrogens is 2. The van der Waals surface area contributed by atoms with Crippen molar-refractivity contribution in [2.75, 3.05) is 0 Å². The van der Waals surface area contributed by atoms with Crippen LogP contribution in [0.25, 0.3) is 16.7 Å². The molecule has 0 unspecified atom stereocenters. The van der Waals surface area contributed by atoms with E-state index in [1.165, 1.54) is 6.07 Å². The van der Waals surface area contributed by atoms with Crippen molar-refractivity contribution in [3.63, 3.8) is 0 Å². The van der Waals surface area contributed by atoms with Gasteiger partial charge in [-0.15, -0.1) is 0 Å². The summed E-state index contributed by atoms with van der Waals surface area (Å²) in [6, 6.07) is 9.82. The van der Waals surface area contributed by atoms with Gasteiger partial charge in [-0.05, 0) is 43.2 Å². The summed E-state index contributed by atoms with van der Waals surface area (Å²) in [5.74, 6) is 0.652. The number of imidazole rings is 1. The quantitative estimate of drug-likeness (QED) is 0.674. The molecular formula is C19H18ClF3N2O. The van der Waals surface area contributed by atoms with E-state index in [9.17, 15) is 18.3 Å². The fraction of sp³-hybridized carbons (Fsp3) is 0.316. The zero-order chi connectivity index (χ0) is 19.1. The number of hydrogen-bond donors (Lipinski definition) is 1. The number of hydrogen-bond acceptors (Lipinski definition) is 2. The molecule has 0 amide bonds. The van der Waals surface area contributed by atoms with Crippen LogP contribution in [-0.2, 0) is 19.0 Å². The van der Waals surface area contributed by atoms with Gasteiger partial charge < -0.3 is 5.11 Å². The Bertz CT molecular complexity index is 931. The van der Waals surface area contributed by atoms with Gasteiger partial charge in [-0.1, -0.05) is 30.7 Å². The highest BCUT2D eigenvalue weighted by atomic mass is 35.5. The molecule has 0 saturated carbocycles. The molecule has 0 saturated heterocycles. The Hall–Kier alpha value is -2.05. The van der Waals surface area contributed by atoms with E-state index in [2.05, 4.69) is 4.98 Å². The number of fused-ring (bicyclic) bond motifs is 1. The normalized spacial score (nSPS) is 13.3. The Morgan fingerprint density at radius 1 is 1.19 bits per heavy atom. The van der Waals surface area contributed by atoms with E-state index in [0.717, 1.165) is 17.3 Å². The maximum Gasteiger partial charge on any atom is 0.417 e. The first-order chi connectivity index (χ1) is 12.2. The first-order valence-corrected chi connectivity index (χ1v) is 8.64. The third-order valence-corrected chi connectivity index (χ3v) is 4.47. The van der Waals surface area contributed by atoms with E-state index in [-0.39, 0.29) is 10.5 Å². The van der Waals surface area contributed by atoms with Crippen LogP contribution < -0.4 is 0 Å². The van der Waals surface area contributed by atoms with Gasteiger partial charge in [0.25, 0.3) is 0 Å². The zero-order valence-corrected chi connectivity index (χ0v) is 15.1. The lowest BCUT2D eigenvalue weighted by atomic mass is 10.1. The molecule has 0 spiro atoms. The highest BCUT2D eigenvalue weighted by Gasteiger charge is 2.34. The summed E-state index contributed by atoms with van der Waals surface area (Å²) in [6.45, 7) is 3.61. The number of aliphatic hydroxyl groups excluding tert-OH is 1. The second kappa shape index (κ2) is 6.93. The van der Waals surface area contributed by atoms with Gasteiger partial charge in [0.2, 0.25) is 0 Å². The molecule has 0 aliphatic carbocycles. The van der Waals surface area contributed by atoms with Gasteiger partial charge in [-0.3, -0.25) is 4.57 Å². The van der Waals surface area contributed by atoms with Gasteiger partial charge >= 0.3 is 6.18 Å². The van der Waals surface area contributed by atoms with E-state index in [1.54, 1.807) is 6.92 Å². The summed E-state index contributed by atoms with van der Waals surface area (Å²) >= 11 is 5.89. The lowest BCUT2D eigenvalue weighted by Gasteiger charge is -2.12. The molecule has 1 heterocycles. The first-order valence-electron chi connectivity index (χ1n) is 8.26. The van der Waals surface area contributed by atoms with Crippen molar-refractivity contribution in [2.45, 2.75) is 39.0 Å². The molecule has 3 rings (SSSR count). The van der Waals surface area contributed by atoms with Crippen molar-refractivity contribution < 1.29 is 18.3 Å². The molecular weight excluding hydrogens is 365 g/mol. The molecule has 3 nitrogen and oxygen atoms in total. The zero-order valence-electron chi connectivity index (χ0n) is 14.3. The Kier molecular flexibility index (Phi) is 4.99. The highest BCUT2D eigenvalue weighted by molar-refractivity contribution is 6.32. The predicted molar refractivity (Wildman–Crippen MR) is 95.8 cm³/mol. The van der Waals surface area contributed by atoms with E-state index in [4.69, 9.17) is 11.6 Å². The molecule has 2 aromatic carbocycles. The highest BCUT2D eigenvalue weighted by Crippen LogP contribution is 2.37. The minimum atomic E-state index is -4.52. The van der Waals surface area contributed by atoms with Crippen molar-refractivity contribution in [3.05, 3.63) is 58.4 Å². The summed E-state index contributed by atoms with van der Waals surface area (Å²) in [4.78, 5) is 4.36. The van der Waals surface area contributed by atoms with Crippen molar-refractivity contribution in [1.82, 2.24) is 9.55 Å². The Morgan fingerprint density at radius 2 is 1.85 bits per heavy atom. The molecule has 138 valence electrons. The topological polar surface area (TPSA) is 38.0 Å². The summed E-state index contributed by atoms with van der Waals surface area (Å²) in [7, 11) is 0. The van der Waals surface area contributed by atoms with E-state index >= 15 is 0 Å². The third-order valence-electron chi connectivity index (χ3n) is 4.16. The van der Waals surface area contributed by atoms with Crippen LogP contribution in [0.3, 0.4) is 0 Å². The Morgan fingerprint density at radius 3 is 2.38 bits per heavy atom. The number of alkyl halides is 3. The van der Waals surface area contributed by atoms with Crippen LogP contribution in [-0.4, -0.2) is 20.8 Å². The number of aryl methyl sites for hydroxylation is 1. The molecule has 0 aliphatic heterocycles. The molecule has 7 heteroatoms. The molecule has 0 bridgehead atoms. The fourth-order valence-corrected chi connectivity index (χ4v) is 3.28. The SMILES string of the molecule is CCc1nc2cc(C(F)(F)F)c(Cl)cc2n1-c1ccc(C[C@@H](C)O)cc1. The molecule has 1 aromatic heterocycles. The number of nitrogens with zero attached hydrogens (tertiary/aromatic N) is 2. The average Bonchev–Trinajstić information content (AvgIpc) is 2.91.